The van der Waals surface area contributed by atoms with E-state index < -0.39 is 6.10 Å². The van der Waals surface area contributed by atoms with Gasteiger partial charge in [-0.25, -0.2) is 0 Å². The molecule has 0 saturated carbocycles. The zero-order valence-electron chi connectivity index (χ0n) is 11.4. The average molecular weight is 277 g/mol. The minimum absolute atomic E-state index is 0.0759. The van der Waals surface area contributed by atoms with Gasteiger partial charge >= 0.3 is 0 Å². The number of nitrogens with one attached hydrogen (secondary N) is 2. The van der Waals surface area contributed by atoms with E-state index in [1.807, 2.05) is 6.07 Å². The number of hydrogen-bond acceptors (Lipinski definition) is 4. The van der Waals surface area contributed by atoms with Crippen LogP contribution in [0.4, 0.5) is 0 Å². The van der Waals surface area contributed by atoms with E-state index in [-0.39, 0.29) is 24.4 Å². The highest BCUT2D eigenvalue weighted by molar-refractivity contribution is 5.96. The van der Waals surface area contributed by atoms with E-state index in [1.165, 1.54) is 4.90 Å². The van der Waals surface area contributed by atoms with Crippen LogP contribution in [0.1, 0.15) is 10.4 Å². The third-order valence-electron chi connectivity index (χ3n) is 3.48. The van der Waals surface area contributed by atoms with Gasteiger partial charge < -0.3 is 20.6 Å². The third-order valence-corrected chi connectivity index (χ3v) is 3.48. The van der Waals surface area contributed by atoms with Crippen molar-refractivity contribution in [2.75, 3.05) is 26.7 Å². The van der Waals surface area contributed by atoms with Crippen molar-refractivity contribution in [1.82, 2.24) is 15.5 Å². The Balaban J connectivity index is 1.84. The van der Waals surface area contributed by atoms with Gasteiger partial charge in [0.15, 0.2) is 0 Å². The maximum absolute atomic E-state index is 12.0. The number of β-amino-alcohol motifs (C(OH)–C–C–N with tert-alkyl or cyclic N) is 1. The molecular weight excluding hydrogens is 258 g/mol. The van der Waals surface area contributed by atoms with Gasteiger partial charge in [0.2, 0.25) is 5.91 Å². The lowest BCUT2D eigenvalue weighted by atomic mass is 10.2. The Bertz CT molecular complexity index is 478. The van der Waals surface area contributed by atoms with Gasteiger partial charge in [0.25, 0.3) is 5.91 Å². The van der Waals surface area contributed by atoms with E-state index in [0.717, 1.165) is 0 Å². The summed E-state index contributed by atoms with van der Waals surface area (Å²) in [6.45, 7) is 0.974. The highest BCUT2D eigenvalue weighted by Gasteiger charge is 2.30. The number of benzene rings is 1. The summed E-state index contributed by atoms with van der Waals surface area (Å²) in [5.74, 6) is -0.500. The van der Waals surface area contributed by atoms with Crippen molar-refractivity contribution in [3.05, 3.63) is 35.9 Å². The molecule has 1 aromatic carbocycles. The van der Waals surface area contributed by atoms with E-state index in [2.05, 4.69) is 10.6 Å². The lowest BCUT2D eigenvalue weighted by molar-refractivity contribution is -0.132. The highest BCUT2D eigenvalue weighted by Crippen LogP contribution is 2.07. The highest BCUT2D eigenvalue weighted by atomic mass is 16.3. The van der Waals surface area contributed by atoms with Crippen LogP contribution in [0.2, 0.25) is 0 Å². The van der Waals surface area contributed by atoms with Gasteiger partial charge in [-0.15, -0.1) is 0 Å². The maximum Gasteiger partial charge on any atom is 0.251 e. The van der Waals surface area contributed by atoms with Crippen LogP contribution in [0, 0.1) is 0 Å². The lowest BCUT2D eigenvalue weighted by Gasteiger charge is -2.26. The largest absolute Gasteiger partial charge is 0.390 e. The summed E-state index contributed by atoms with van der Waals surface area (Å²) in [5, 5.41) is 15.3. The first-order valence-corrected chi connectivity index (χ1v) is 6.57. The van der Waals surface area contributed by atoms with Gasteiger partial charge in [-0.1, -0.05) is 18.2 Å². The number of nitrogens with zero attached hydrogens (tertiary/aromatic N) is 1. The number of likely N-dealkylation sites (N-methyl/N-ethyl adjacent to an activating group) is 1. The van der Waals surface area contributed by atoms with Crippen molar-refractivity contribution in [3.8, 4) is 0 Å². The maximum atomic E-state index is 12.0. The molecule has 6 nitrogen and oxygen atoms in total. The van der Waals surface area contributed by atoms with Crippen molar-refractivity contribution in [2.45, 2.75) is 12.1 Å². The molecule has 0 unspecified atom stereocenters. The van der Waals surface area contributed by atoms with Crippen LogP contribution >= 0.6 is 0 Å². The van der Waals surface area contributed by atoms with Crippen LogP contribution in [0.15, 0.2) is 30.3 Å². The van der Waals surface area contributed by atoms with Crippen LogP contribution in [0.5, 0.6) is 0 Å². The van der Waals surface area contributed by atoms with Crippen molar-refractivity contribution < 1.29 is 14.7 Å². The molecule has 2 amide bonds. The molecule has 3 N–H and O–H groups in total. The molecule has 1 fully saturated rings. The molecule has 6 heteroatoms. The van der Waals surface area contributed by atoms with E-state index in [0.29, 0.717) is 18.7 Å². The van der Waals surface area contributed by atoms with Gasteiger partial charge in [-0.2, -0.15) is 0 Å². The first-order valence-electron chi connectivity index (χ1n) is 6.57. The number of carbonyl (C=O) groups excluding carboxylic acids is 2. The minimum atomic E-state index is -0.561. The zero-order chi connectivity index (χ0) is 14.5. The van der Waals surface area contributed by atoms with Crippen LogP contribution in [-0.2, 0) is 4.79 Å². The summed E-state index contributed by atoms with van der Waals surface area (Å²) >= 11 is 0. The predicted molar refractivity (Wildman–Crippen MR) is 74.2 cm³/mol. The second-order valence-corrected chi connectivity index (χ2v) is 4.85. The predicted octanol–water partition coefficient (Wildman–Crippen LogP) is -0.792. The molecule has 0 aliphatic carbocycles. The molecular formula is C14H19N3O3. The first-order chi connectivity index (χ1) is 9.59. The zero-order valence-corrected chi connectivity index (χ0v) is 11.4. The summed E-state index contributed by atoms with van der Waals surface area (Å²) in [6.07, 6.45) is -0.561. The van der Waals surface area contributed by atoms with E-state index in [1.54, 1.807) is 31.3 Å². The topological polar surface area (TPSA) is 81.7 Å². The molecule has 1 saturated heterocycles. The van der Waals surface area contributed by atoms with Crippen molar-refractivity contribution in [1.29, 1.82) is 0 Å². The van der Waals surface area contributed by atoms with Crippen LogP contribution in [0.3, 0.4) is 0 Å². The smallest absolute Gasteiger partial charge is 0.251 e. The Labute approximate surface area is 117 Å². The number of carbonyl (C=O) groups is 2. The Morgan fingerprint density at radius 3 is 2.65 bits per heavy atom. The van der Waals surface area contributed by atoms with Gasteiger partial charge in [-0.05, 0) is 12.1 Å². The Kier molecular flexibility index (Phi) is 4.70. The number of aliphatic hydroxyl groups excluding tert-OH is 1. The number of rotatable bonds is 4. The summed E-state index contributed by atoms with van der Waals surface area (Å²) in [4.78, 5) is 25.3. The number of amides is 2. The fourth-order valence-corrected chi connectivity index (χ4v) is 2.20. The first kappa shape index (κ1) is 14.5. The second kappa shape index (κ2) is 6.49. The van der Waals surface area contributed by atoms with Gasteiger partial charge in [0.1, 0.15) is 0 Å². The molecule has 1 heterocycles. The van der Waals surface area contributed by atoms with Crippen molar-refractivity contribution in [3.63, 3.8) is 0 Å². The minimum Gasteiger partial charge on any atom is -0.390 e. The fraction of sp³-hybridized carbons (Fsp3) is 0.429. The average Bonchev–Trinajstić information content (AvgIpc) is 2.90. The van der Waals surface area contributed by atoms with Gasteiger partial charge in [0.05, 0.1) is 18.7 Å². The van der Waals surface area contributed by atoms with Crippen LogP contribution < -0.4 is 10.6 Å². The molecule has 0 aromatic heterocycles. The van der Waals surface area contributed by atoms with E-state index >= 15 is 0 Å². The summed E-state index contributed by atoms with van der Waals surface area (Å²) < 4.78 is 0. The summed E-state index contributed by atoms with van der Waals surface area (Å²) in [5.41, 5.74) is 0.519. The Morgan fingerprint density at radius 1 is 1.35 bits per heavy atom. The van der Waals surface area contributed by atoms with E-state index in [9.17, 15) is 14.7 Å². The van der Waals surface area contributed by atoms with E-state index in [4.69, 9.17) is 0 Å². The fourth-order valence-electron chi connectivity index (χ4n) is 2.20. The van der Waals surface area contributed by atoms with Gasteiger partial charge in [0, 0.05) is 25.7 Å². The standard InChI is InChI=1S/C14H19N3O3/c1-17(11-7-15-8-12(11)18)13(19)9-16-14(20)10-5-3-2-4-6-10/h2-6,11-12,15,18H,7-9H2,1H3,(H,16,20)/t11-,12-/m1/s1. The monoisotopic (exact) mass is 277 g/mol. The molecule has 1 aliphatic rings. The molecule has 108 valence electrons. The summed E-state index contributed by atoms with van der Waals surface area (Å²) in [7, 11) is 1.64. The molecule has 20 heavy (non-hydrogen) atoms. The summed E-state index contributed by atoms with van der Waals surface area (Å²) in [6, 6.07) is 8.50. The van der Waals surface area contributed by atoms with Gasteiger partial charge in [-0.3, -0.25) is 9.59 Å². The Hall–Kier alpha value is -1.92. The van der Waals surface area contributed by atoms with Crippen LogP contribution in [0.25, 0.3) is 0 Å². The molecule has 1 aromatic rings. The molecule has 0 radical (unpaired) electrons. The normalized spacial score (nSPS) is 21.5. The molecule has 1 aliphatic heterocycles. The molecule has 2 rings (SSSR count). The number of hydrogen-bond donors (Lipinski definition) is 3. The second-order valence-electron chi connectivity index (χ2n) is 4.85. The third kappa shape index (κ3) is 3.34. The quantitative estimate of drug-likeness (QED) is 0.673. The molecule has 2 atom stereocenters. The molecule has 0 spiro atoms. The SMILES string of the molecule is CN(C(=O)CNC(=O)c1ccccc1)[C@@H]1CNC[C@H]1O. The number of aliphatic hydroxyl groups is 1. The Morgan fingerprint density at radius 2 is 2.05 bits per heavy atom. The van der Waals surface area contributed by atoms with Crippen molar-refractivity contribution in [2.24, 2.45) is 0 Å². The van der Waals surface area contributed by atoms with Crippen LogP contribution in [-0.4, -0.2) is 60.6 Å². The lowest BCUT2D eigenvalue weighted by Crippen LogP contribution is -2.48. The molecule has 0 bridgehead atoms. The van der Waals surface area contributed by atoms with Crippen molar-refractivity contribution >= 4 is 11.8 Å².